The normalized spacial score (nSPS) is 25.6. The van der Waals surface area contributed by atoms with E-state index in [9.17, 15) is 61.0 Å². The molecule has 19 heteroatoms. The number of carbonyl (C=O) groups excluding carboxylic acids is 1. The van der Waals surface area contributed by atoms with Crippen molar-refractivity contribution in [2.75, 3.05) is 26.4 Å². The summed E-state index contributed by atoms with van der Waals surface area (Å²) < 4.78 is 34.5. The second-order valence-corrected chi connectivity index (χ2v) is 30.6. The van der Waals surface area contributed by atoms with Crippen LogP contribution in [-0.2, 0) is 33.2 Å². The van der Waals surface area contributed by atoms with Crippen molar-refractivity contribution in [3.63, 3.8) is 0 Å². The highest BCUT2D eigenvalue weighted by atomic mass is 16.8. The van der Waals surface area contributed by atoms with Gasteiger partial charge in [0.2, 0.25) is 5.91 Å². The second kappa shape index (κ2) is 71.5. The molecule has 113 heavy (non-hydrogen) atoms. The van der Waals surface area contributed by atoms with Crippen molar-refractivity contribution in [1.82, 2.24) is 5.32 Å². The monoisotopic (exact) mass is 1590 g/mol. The predicted octanol–water partition coefficient (Wildman–Crippen LogP) is 16.7. The summed E-state index contributed by atoms with van der Waals surface area (Å²) >= 11 is 0. The van der Waals surface area contributed by atoms with Crippen molar-refractivity contribution >= 4 is 5.91 Å². The molecule has 0 bridgehead atoms. The Bertz CT molecular complexity index is 2660. The Morgan fingerprint density at radius 3 is 0.991 bits per heavy atom. The summed E-state index contributed by atoms with van der Waals surface area (Å²) in [4.78, 5) is 13.5. The number of hydrogen-bond donors (Lipinski definition) is 12. The molecule has 3 aliphatic rings. The Morgan fingerprint density at radius 1 is 0.327 bits per heavy atom. The van der Waals surface area contributed by atoms with Gasteiger partial charge in [0, 0.05) is 6.42 Å². The van der Waals surface area contributed by atoms with Gasteiger partial charge in [-0.1, -0.05) is 332 Å². The van der Waals surface area contributed by atoms with Crippen molar-refractivity contribution in [2.45, 2.75) is 401 Å². The molecular formula is C94H157NO18. The number of ether oxygens (including phenoxy) is 6. The summed E-state index contributed by atoms with van der Waals surface area (Å²) in [5.74, 6) is -0.321. The molecule has 0 aromatic carbocycles. The Labute approximate surface area is 682 Å². The number of aliphatic hydroxyl groups is 11. The Kier molecular flexibility index (Phi) is 64.9. The molecule has 0 saturated carbocycles. The maximum Gasteiger partial charge on any atom is 0.220 e. The molecular weight excluding hydrogens is 1430 g/mol. The van der Waals surface area contributed by atoms with Crippen LogP contribution < -0.4 is 5.32 Å². The van der Waals surface area contributed by atoms with E-state index in [-0.39, 0.29) is 12.3 Å². The van der Waals surface area contributed by atoms with E-state index in [1.54, 1.807) is 6.08 Å². The second-order valence-electron chi connectivity index (χ2n) is 30.6. The molecule has 3 saturated heterocycles. The van der Waals surface area contributed by atoms with Crippen molar-refractivity contribution in [3.05, 3.63) is 158 Å². The zero-order valence-corrected chi connectivity index (χ0v) is 69.5. The average Bonchev–Trinajstić information content (AvgIpc) is 0.779. The summed E-state index contributed by atoms with van der Waals surface area (Å²) in [7, 11) is 0. The van der Waals surface area contributed by atoms with Crippen LogP contribution in [0.5, 0.6) is 0 Å². The zero-order valence-electron chi connectivity index (χ0n) is 69.5. The molecule has 19 nitrogen and oxygen atoms in total. The molecule has 0 aliphatic carbocycles. The van der Waals surface area contributed by atoms with E-state index in [1.165, 1.54) is 154 Å². The van der Waals surface area contributed by atoms with Crippen molar-refractivity contribution < 1.29 is 89.4 Å². The topological polar surface area (TPSA) is 307 Å². The molecule has 0 radical (unpaired) electrons. The number of aliphatic hydroxyl groups excluding tert-OH is 11. The van der Waals surface area contributed by atoms with E-state index in [0.29, 0.717) is 12.8 Å². The molecule has 1 amide bonds. The first-order valence-electron chi connectivity index (χ1n) is 44.2. The highest BCUT2D eigenvalue weighted by Gasteiger charge is 2.54. The number of rotatable bonds is 69. The van der Waals surface area contributed by atoms with E-state index in [1.807, 2.05) is 6.08 Å². The Morgan fingerprint density at radius 2 is 0.619 bits per heavy atom. The van der Waals surface area contributed by atoms with Gasteiger partial charge in [0.25, 0.3) is 0 Å². The minimum atomic E-state index is -1.99. The lowest BCUT2D eigenvalue weighted by atomic mass is 9.96. The predicted molar refractivity (Wildman–Crippen MR) is 456 cm³/mol. The van der Waals surface area contributed by atoms with Crippen molar-refractivity contribution in [2.24, 2.45) is 0 Å². The van der Waals surface area contributed by atoms with Crippen LogP contribution in [0.2, 0.25) is 0 Å². The van der Waals surface area contributed by atoms with E-state index in [4.69, 9.17) is 28.4 Å². The largest absolute Gasteiger partial charge is 0.394 e. The Hall–Kier alpha value is -4.59. The van der Waals surface area contributed by atoms with E-state index in [0.717, 1.165) is 109 Å². The Balaban J connectivity index is 1.38. The smallest absolute Gasteiger partial charge is 0.220 e. The first-order chi connectivity index (χ1) is 55.3. The van der Waals surface area contributed by atoms with Crippen LogP contribution in [0.1, 0.15) is 296 Å². The van der Waals surface area contributed by atoms with Crippen LogP contribution >= 0.6 is 0 Å². The number of hydrogen-bond acceptors (Lipinski definition) is 18. The third-order valence-corrected chi connectivity index (χ3v) is 20.8. The minimum absolute atomic E-state index is 0.185. The number of carbonyl (C=O) groups is 1. The SMILES string of the molecule is CC/C=C\C/C=C\C/C=C\C/C=C\C/C=C\C/C=C\C/C=C\C/C=C\C/C=C\C/C=C\C/C=C\CCCCCC(=O)NC(COC1OC(CO)C(OC2OC(CO)C(OC3OC(CO)C(O)C(O)C3O)C(O)C2O)C(O)C1O)C(O)/C=C/CC/C=C/CCCCCCCCCCCCCCCCCCCCCCCCCCC. The lowest BCUT2D eigenvalue weighted by Crippen LogP contribution is -2.66. The molecule has 12 N–H and O–H groups in total. The lowest BCUT2D eigenvalue weighted by molar-refractivity contribution is -0.379. The van der Waals surface area contributed by atoms with Gasteiger partial charge in [-0.3, -0.25) is 4.79 Å². The van der Waals surface area contributed by atoms with Crippen LogP contribution in [0.4, 0.5) is 0 Å². The lowest BCUT2D eigenvalue weighted by Gasteiger charge is -2.48. The molecule has 17 unspecified atom stereocenters. The van der Waals surface area contributed by atoms with Crippen molar-refractivity contribution in [1.29, 1.82) is 0 Å². The molecule has 3 rings (SSSR count). The molecule has 3 heterocycles. The molecule has 3 fully saturated rings. The van der Waals surface area contributed by atoms with Gasteiger partial charge in [-0.2, -0.15) is 0 Å². The van der Waals surface area contributed by atoms with Gasteiger partial charge >= 0.3 is 0 Å². The standard InChI is InChI=1S/C94H157NO18/c1-3-5-7-9-11-13-15-17-19-21-23-25-27-29-31-33-35-36-37-38-39-40-42-44-46-48-50-52-54-56-58-60-62-64-66-68-70-72-82(100)95-77(78(99)71-69-67-65-63-61-59-57-55-53-51-49-47-45-43-41-34-32-30-28-26-24-22-20-18-16-14-12-10-8-6-4-2)76-108-92-88(106)85(103)90(80(74-97)110-92)113-94-89(107)86(104)91(81(75-98)111-94)112-93-87(105)84(102)83(101)79(73-96)109-93/h5,7,11,13,17,19,23,25,29,31,35-36,38-39,42,44,48,50,54,56,60-63,69,71,77-81,83-94,96-99,101-107H,3-4,6,8-10,12,14-16,18,20-22,24,26-28,30,32-34,37,40-41,43,45-47,49,51-53,55,57-59,64-68,70,72-76H2,1-2H3,(H,95,100)/b7-5-,13-11-,19-17-,25-23-,31-29-,36-35-,39-38-,44-42-,50-48-,56-54-,62-60-,63-61+,71-69+. The summed E-state index contributed by atoms with van der Waals surface area (Å²) in [6, 6.07) is -1.02. The highest BCUT2D eigenvalue weighted by molar-refractivity contribution is 5.76. The van der Waals surface area contributed by atoms with Gasteiger partial charge in [-0.05, 0) is 116 Å². The third-order valence-electron chi connectivity index (χ3n) is 20.8. The fourth-order valence-electron chi connectivity index (χ4n) is 13.8. The van der Waals surface area contributed by atoms with Gasteiger partial charge in [-0.25, -0.2) is 0 Å². The molecule has 17 atom stereocenters. The fourth-order valence-corrected chi connectivity index (χ4v) is 13.8. The molecule has 646 valence electrons. The van der Waals surface area contributed by atoms with Crippen LogP contribution in [-0.4, -0.2) is 193 Å². The van der Waals surface area contributed by atoms with Gasteiger partial charge in [0.15, 0.2) is 18.9 Å². The van der Waals surface area contributed by atoms with Crippen LogP contribution in [0.15, 0.2) is 158 Å². The number of allylic oxidation sites excluding steroid dienone is 25. The minimum Gasteiger partial charge on any atom is -0.394 e. The number of unbranched alkanes of at least 4 members (excludes halogenated alkanes) is 29. The molecule has 0 aromatic rings. The van der Waals surface area contributed by atoms with Gasteiger partial charge in [0.1, 0.15) is 73.2 Å². The van der Waals surface area contributed by atoms with E-state index in [2.05, 4.69) is 165 Å². The summed E-state index contributed by atoms with van der Waals surface area (Å²) in [5, 5.41) is 121. The van der Waals surface area contributed by atoms with Crippen LogP contribution in [0.25, 0.3) is 0 Å². The third kappa shape index (κ3) is 50.1. The average molecular weight is 1590 g/mol. The quantitative estimate of drug-likeness (QED) is 0.0199. The van der Waals surface area contributed by atoms with Crippen LogP contribution in [0.3, 0.4) is 0 Å². The first-order valence-corrected chi connectivity index (χ1v) is 44.2. The summed E-state index contributed by atoms with van der Waals surface area (Å²) in [5.41, 5.74) is 0. The first kappa shape index (κ1) is 103. The molecule has 3 aliphatic heterocycles. The molecule has 0 spiro atoms. The summed E-state index contributed by atoms with van der Waals surface area (Å²) in [6.45, 7) is 1.59. The highest BCUT2D eigenvalue weighted by Crippen LogP contribution is 2.33. The maximum atomic E-state index is 13.5. The van der Waals surface area contributed by atoms with Gasteiger partial charge < -0.3 is 89.9 Å². The van der Waals surface area contributed by atoms with E-state index >= 15 is 0 Å². The summed E-state index contributed by atoms with van der Waals surface area (Å²) in [6.07, 6.45) is 79.6. The zero-order chi connectivity index (χ0) is 81.7. The number of nitrogens with one attached hydrogen (secondary N) is 1. The van der Waals surface area contributed by atoms with Gasteiger partial charge in [-0.15, -0.1) is 0 Å². The number of amides is 1. The maximum absolute atomic E-state index is 13.5. The van der Waals surface area contributed by atoms with Crippen molar-refractivity contribution in [3.8, 4) is 0 Å². The van der Waals surface area contributed by atoms with Gasteiger partial charge in [0.05, 0.1) is 38.6 Å². The fraction of sp³-hybridized carbons (Fsp3) is 0.713. The van der Waals surface area contributed by atoms with Crippen LogP contribution in [0, 0.1) is 0 Å². The van der Waals surface area contributed by atoms with E-state index < -0.39 is 131 Å². The molecule has 0 aromatic heterocycles.